The maximum Gasteiger partial charge on any atom is 0.199 e. The molecule has 0 aromatic carbocycles. The zero-order chi connectivity index (χ0) is 15.5. The van der Waals surface area contributed by atoms with Crippen molar-refractivity contribution in [2.75, 3.05) is 6.61 Å². The zero-order valence-corrected chi connectivity index (χ0v) is 12.7. The van der Waals surface area contributed by atoms with Gasteiger partial charge in [0.15, 0.2) is 12.1 Å². The first-order valence-electron chi connectivity index (χ1n) is 7.70. The topological polar surface area (TPSA) is 99.4 Å². The van der Waals surface area contributed by atoms with Crippen LogP contribution in [0.15, 0.2) is 0 Å². The van der Waals surface area contributed by atoms with Crippen molar-refractivity contribution in [2.24, 2.45) is 16.7 Å². The predicted molar refractivity (Wildman–Crippen MR) is 70.9 cm³/mol. The van der Waals surface area contributed by atoms with Gasteiger partial charge in [-0.15, -0.1) is 0 Å². The van der Waals surface area contributed by atoms with E-state index in [9.17, 15) is 20.4 Å². The minimum absolute atomic E-state index is 0.00699. The van der Waals surface area contributed by atoms with Gasteiger partial charge in [-0.1, -0.05) is 13.8 Å². The number of ether oxygens (including phenoxy) is 2. The Morgan fingerprint density at radius 3 is 2.48 bits per heavy atom. The largest absolute Gasteiger partial charge is 0.388 e. The summed E-state index contributed by atoms with van der Waals surface area (Å²) in [6, 6.07) is 0. The first-order valence-corrected chi connectivity index (χ1v) is 7.70. The maximum atomic E-state index is 11.6. The molecular weight excluding hydrogens is 276 g/mol. The Kier molecular flexibility index (Phi) is 2.37. The van der Waals surface area contributed by atoms with E-state index >= 15 is 0 Å². The fraction of sp³-hybridized carbons (Fsp3) is 1.00. The van der Waals surface area contributed by atoms with E-state index in [4.69, 9.17) is 9.47 Å². The van der Waals surface area contributed by atoms with E-state index in [2.05, 4.69) is 0 Å². The molecule has 4 bridgehead atoms. The number of rotatable bonds is 0. The van der Waals surface area contributed by atoms with Gasteiger partial charge in [0.25, 0.3) is 0 Å². The second-order valence-electron chi connectivity index (χ2n) is 7.95. The van der Waals surface area contributed by atoms with Gasteiger partial charge in [0.05, 0.1) is 17.6 Å². The second-order valence-corrected chi connectivity index (χ2v) is 7.95. The molecule has 8 unspecified atom stereocenters. The molecule has 120 valence electrons. The molecule has 0 radical (unpaired) electrons. The zero-order valence-electron chi connectivity index (χ0n) is 12.7. The minimum atomic E-state index is -1.83. The van der Waals surface area contributed by atoms with Crippen LogP contribution in [0.25, 0.3) is 0 Å². The fourth-order valence-corrected chi connectivity index (χ4v) is 5.77. The van der Waals surface area contributed by atoms with Crippen molar-refractivity contribution in [1.29, 1.82) is 0 Å². The molecule has 3 aliphatic heterocycles. The third-order valence-corrected chi connectivity index (χ3v) is 7.50. The molecule has 5 aliphatic rings. The molecule has 8 atom stereocenters. The van der Waals surface area contributed by atoms with Gasteiger partial charge in [0, 0.05) is 11.8 Å². The average Bonchev–Trinajstić information content (AvgIpc) is 2.61. The number of hydrogen-bond donors (Lipinski definition) is 4. The summed E-state index contributed by atoms with van der Waals surface area (Å²) in [4.78, 5) is 0. The van der Waals surface area contributed by atoms with Gasteiger partial charge in [0.2, 0.25) is 0 Å². The smallest absolute Gasteiger partial charge is 0.199 e. The molecule has 3 heterocycles. The van der Waals surface area contributed by atoms with Gasteiger partial charge in [-0.05, 0) is 25.7 Å². The molecular formula is C15H24O6. The van der Waals surface area contributed by atoms with Crippen LogP contribution in [0.3, 0.4) is 0 Å². The van der Waals surface area contributed by atoms with Crippen molar-refractivity contribution in [2.45, 2.75) is 69.4 Å². The number of aliphatic hydroxyl groups is 4. The van der Waals surface area contributed by atoms with Crippen LogP contribution in [-0.4, -0.2) is 56.4 Å². The molecule has 1 spiro atoms. The van der Waals surface area contributed by atoms with Crippen LogP contribution in [0, 0.1) is 16.7 Å². The monoisotopic (exact) mass is 300 g/mol. The Labute approximate surface area is 123 Å². The summed E-state index contributed by atoms with van der Waals surface area (Å²) in [6.45, 7) is 5.25. The lowest BCUT2D eigenvalue weighted by Gasteiger charge is -2.68. The molecule has 6 heteroatoms. The van der Waals surface area contributed by atoms with Gasteiger partial charge in [0.1, 0.15) is 11.7 Å². The molecule has 0 amide bonds. The van der Waals surface area contributed by atoms with Crippen molar-refractivity contribution in [3.8, 4) is 0 Å². The minimum Gasteiger partial charge on any atom is -0.388 e. The van der Waals surface area contributed by atoms with E-state index in [1.165, 1.54) is 6.92 Å². The van der Waals surface area contributed by atoms with Crippen LogP contribution in [0.1, 0.15) is 40.0 Å². The SMILES string of the molecule is CC1CCC2(O)C13CC1(O)OC(OCC2(C)C1(C)O)C3O. The first-order chi connectivity index (χ1) is 9.56. The number of fused-ring (bicyclic) bond motifs is 1. The molecule has 5 rings (SSSR count). The summed E-state index contributed by atoms with van der Waals surface area (Å²) in [5, 5.41) is 44.5. The van der Waals surface area contributed by atoms with Crippen molar-refractivity contribution < 1.29 is 29.9 Å². The van der Waals surface area contributed by atoms with Crippen molar-refractivity contribution >= 4 is 0 Å². The summed E-state index contributed by atoms with van der Waals surface area (Å²) in [5.74, 6) is -1.82. The lowest BCUT2D eigenvalue weighted by Crippen LogP contribution is -2.82. The highest BCUT2D eigenvalue weighted by Crippen LogP contribution is 2.74. The second kappa shape index (κ2) is 3.47. The van der Waals surface area contributed by atoms with Crippen molar-refractivity contribution in [3.05, 3.63) is 0 Å². The highest BCUT2D eigenvalue weighted by molar-refractivity contribution is 5.30. The Hall–Kier alpha value is -0.240. The Morgan fingerprint density at radius 1 is 1.14 bits per heavy atom. The van der Waals surface area contributed by atoms with E-state index in [1.807, 2.05) is 6.92 Å². The third kappa shape index (κ3) is 1.12. The van der Waals surface area contributed by atoms with E-state index in [0.717, 1.165) is 6.42 Å². The maximum absolute atomic E-state index is 11.6. The third-order valence-electron chi connectivity index (χ3n) is 7.50. The predicted octanol–water partition coefficient (Wildman–Crippen LogP) is -0.269. The van der Waals surface area contributed by atoms with E-state index in [0.29, 0.717) is 6.42 Å². The van der Waals surface area contributed by atoms with Crippen LogP contribution in [0.4, 0.5) is 0 Å². The van der Waals surface area contributed by atoms with E-state index < -0.39 is 40.2 Å². The molecule has 2 saturated carbocycles. The highest BCUT2D eigenvalue weighted by Gasteiger charge is 2.85. The first kappa shape index (κ1) is 14.4. The number of hydrogen-bond acceptors (Lipinski definition) is 6. The molecule has 0 aromatic rings. The molecule has 6 nitrogen and oxygen atoms in total. The van der Waals surface area contributed by atoms with Gasteiger partial charge in [-0.2, -0.15) is 0 Å². The average molecular weight is 300 g/mol. The van der Waals surface area contributed by atoms with Crippen LogP contribution in [0.2, 0.25) is 0 Å². The molecule has 3 saturated heterocycles. The summed E-state index contributed by atoms with van der Waals surface area (Å²) in [5.41, 5.74) is -5.01. The van der Waals surface area contributed by atoms with Gasteiger partial charge in [-0.3, -0.25) is 0 Å². The normalized spacial score (nSPS) is 69.0. The van der Waals surface area contributed by atoms with Gasteiger partial charge < -0.3 is 29.9 Å². The van der Waals surface area contributed by atoms with Crippen LogP contribution < -0.4 is 0 Å². The van der Waals surface area contributed by atoms with Crippen molar-refractivity contribution in [3.63, 3.8) is 0 Å². The molecule has 4 N–H and O–H groups in total. The lowest BCUT2D eigenvalue weighted by atomic mass is 9.43. The molecule has 21 heavy (non-hydrogen) atoms. The quantitative estimate of drug-likeness (QED) is 0.491. The summed E-state index contributed by atoms with van der Waals surface area (Å²) < 4.78 is 11.2. The fourth-order valence-electron chi connectivity index (χ4n) is 5.77. The molecule has 0 aromatic heterocycles. The number of aliphatic hydroxyl groups excluding tert-OH is 1. The highest BCUT2D eigenvalue weighted by atomic mass is 16.8. The molecule has 2 aliphatic carbocycles. The Bertz CT molecular complexity index is 506. The van der Waals surface area contributed by atoms with Gasteiger partial charge >= 0.3 is 0 Å². The van der Waals surface area contributed by atoms with Crippen molar-refractivity contribution in [1.82, 2.24) is 0 Å². The summed E-state index contributed by atoms with van der Waals surface area (Å²) >= 11 is 0. The summed E-state index contributed by atoms with van der Waals surface area (Å²) in [6.07, 6.45) is -0.808. The Balaban J connectivity index is 2.05. The van der Waals surface area contributed by atoms with Crippen LogP contribution in [-0.2, 0) is 9.47 Å². The summed E-state index contributed by atoms with van der Waals surface area (Å²) in [7, 11) is 0. The van der Waals surface area contributed by atoms with Crippen LogP contribution in [0.5, 0.6) is 0 Å². The van der Waals surface area contributed by atoms with Gasteiger partial charge in [-0.25, -0.2) is 0 Å². The lowest BCUT2D eigenvalue weighted by molar-refractivity contribution is -0.448. The standard InChI is InChI=1S/C15H24O6/c1-8-4-5-14(18)11(2)7-20-10-9(16)13(8,14)6-15(19,21-10)12(11,3)17/h8-10,16-19H,4-7H2,1-3H3. The van der Waals surface area contributed by atoms with E-state index in [-0.39, 0.29) is 18.9 Å². The molecule has 5 fully saturated rings. The van der Waals surface area contributed by atoms with E-state index in [1.54, 1.807) is 6.92 Å². The van der Waals surface area contributed by atoms with Crippen LogP contribution >= 0.6 is 0 Å². The Morgan fingerprint density at radius 2 is 1.81 bits per heavy atom.